The van der Waals surface area contributed by atoms with Gasteiger partial charge in [0.1, 0.15) is 18.5 Å². The summed E-state index contributed by atoms with van der Waals surface area (Å²) in [6.45, 7) is 2.40. The minimum absolute atomic E-state index is 0.156. The second-order valence-electron chi connectivity index (χ2n) is 5.45. The zero-order valence-electron chi connectivity index (χ0n) is 13.1. The van der Waals surface area contributed by atoms with E-state index in [9.17, 15) is 5.11 Å². The summed E-state index contributed by atoms with van der Waals surface area (Å²) < 4.78 is 6.52. The Hall–Kier alpha value is -2.25. The number of hydrogen-bond donors (Lipinski definition) is 1. The van der Waals surface area contributed by atoms with Crippen LogP contribution in [0.25, 0.3) is 11.4 Å². The fraction of sp³-hybridized carbons (Fsp3) is 0.235. The zero-order valence-corrected chi connectivity index (χ0v) is 14.7. The number of halogens is 1. The first kappa shape index (κ1) is 16.6. The molecule has 6 nitrogen and oxygen atoms in total. The monoisotopic (exact) mass is 388 g/mol. The lowest BCUT2D eigenvalue weighted by atomic mass is 10.1. The van der Waals surface area contributed by atoms with Crippen molar-refractivity contribution in [2.24, 2.45) is 0 Å². The molecular weight excluding hydrogens is 372 g/mol. The Labute approximate surface area is 148 Å². The van der Waals surface area contributed by atoms with E-state index in [1.807, 2.05) is 55.5 Å². The lowest BCUT2D eigenvalue weighted by Gasteiger charge is -2.11. The van der Waals surface area contributed by atoms with E-state index in [0.717, 1.165) is 10.0 Å². The Bertz CT molecular complexity index is 787. The Morgan fingerprint density at radius 3 is 2.54 bits per heavy atom. The minimum Gasteiger partial charge on any atom is -0.491 e. The van der Waals surface area contributed by atoms with Crippen molar-refractivity contribution < 1.29 is 9.84 Å². The third-order valence-corrected chi connectivity index (χ3v) is 3.92. The first-order valence-corrected chi connectivity index (χ1v) is 8.31. The van der Waals surface area contributed by atoms with Crippen LogP contribution in [-0.4, -0.2) is 38.0 Å². The van der Waals surface area contributed by atoms with E-state index in [4.69, 9.17) is 4.74 Å². The maximum atomic E-state index is 10.1. The average molecular weight is 389 g/mol. The van der Waals surface area contributed by atoms with Gasteiger partial charge in [-0.3, -0.25) is 0 Å². The molecule has 1 heterocycles. The molecule has 0 spiro atoms. The zero-order chi connectivity index (χ0) is 16.9. The van der Waals surface area contributed by atoms with Gasteiger partial charge in [0.25, 0.3) is 0 Å². The van der Waals surface area contributed by atoms with Crippen LogP contribution >= 0.6 is 15.9 Å². The first-order chi connectivity index (χ1) is 11.6. The van der Waals surface area contributed by atoms with Crippen LogP contribution in [0.5, 0.6) is 5.75 Å². The third kappa shape index (κ3) is 4.39. The normalized spacial score (nSPS) is 12.1. The number of aliphatic hydroxyl groups excluding tert-OH is 1. The van der Waals surface area contributed by atoms with Crippen LogP contribution in [0, 0.1) is 6.92 Å². The van der Waals surface area contributed by atoms with Gasteiger partial charge in [-0.1, -0.05) is 45.8 Å². The van der Waals surface area contributed by atoms with Crippen molar-refractivity contribution in [3.63, 3.8) is 0 Å². The highest BCUT2D eigenvalue weighted by atomic mass is 79.9. The number of aliphatic hydroxyl groups is 1. The SMILES string of the molecule is Cc1ccc(-c2nnn(CC(O)COc3ccc(Br)cc3)n2)cc1. The summed E-state index contributed by atoms with van der Waals surface area (Å²) in [6.07, 6.45) is -0.728. The maximum absolute atomic E-state index is 10.1. The van der Waals surface area contributed by atoms with Crippen LogP contribution in [0.3, 0.4) is 0 Å². The molecule has 124 valence electrons. The van der Waals surface area contributed by atoms with Crippen molar-refractivity contribution in [1.29, 1.82) is 0 Å². The molecule has 0 aliphatic heterocycles. The molecule has 3 rings (SSSR count). The number of ether oxygens (including phenoxy) is 1. The number of rotatable bonds is 6. The van der Waals surface area contributed by atoms with Crippen molar-refractivity contribution in [1.82, 2.24) is 20.2 Å². The van der Waals surface area contributed by atoms with E-state index in [-0.39, 0.29) is 13.2 Å². The van der Waals surface area contributed by atoms with Gasteiger partial charge in [-0.25, -0.2) is 0 Å². The summed E-state index contributed by atoms with van der Waals surface area (Å²) >= 11 is 3.36. The quantitative estimate of drug-likeness (QED) is 0.702. The van der Waals surface area contributed by atoms with Crippen LogP contribution < -0.4 is 4.74 Å². The predicted molar refractivity (Wildman–Crippen MR) is 93.6 cm³/mol. The maximum Gasteiger partial charge on any atom is 0.204 e. The Balaban J connectivity index is 1.55. The van der Waals surface area contributed by atoms with E-state index >= 15 is 0 Å². The predicted octanol–water partition coefficient (Wildman–Crippen LogP) is 2.85. The van der Waals surface area contributed by atoms with Crippen molar-refractivity contribution >= 4 is 15.9 Å². The van der Waals surface area contributed by atoms with Crippen molar-refractivity contribution in [2.75, 3.05) is 6.61 Å². The molecule has 0 amide bonds. The lowest BCUT2D eigenvalue weighted by Crippen LogP contribution is -2.24. The molecule has 1 N–H and O–H groups in total. The fourth-order valence-corrected chi connectivity index (χ4v) is 2.37. The van der Waals surface area contributed by atoms with Gasteiger partial charge in [0, 0.05) is 10.0 Å². The van der Waals surface area contributed by atoms with Crippen LogP contribution in [0.15, 0.2) is 53.0 Å². The van der Waals surface area contributed by atoms with Crippen LogP contribution in [-0.2, 0) is 6.54 Å². The topological polar surface area (TPSA) is 73.1 Å². The van der Waals surface area contributed by atoms with Gasteiger partial charge in [-0.15, -0.1) is 10.2 Å². The highest BCUT2D eigenvalue weighted by Crippen LogP contribution is 2.16. The molecule has 0 saturated carbocycles. The summed E-state index contributed by atoms with van der Waals surface area (Å²) in [5.74, 6) is 1.24. The van der Waals surface area contributed by atoms with E-state index in [1.165, 1.54) is 10.4 Å². The van der Waals surface area contributed by atoms with Gasteiger partial charge >= 0.3 is 0 Å². The first-order valence-electron chi connectivity index (χ1n) is 7.51. The van der Waals surface area contributed by atoms with E-state index in [2.05, 4.69) is 31.3 Å². The summed E-state index contributed by atoms with van der Waals surface area (Å²) in [4.78, 5) is 1.38. The molecule has 24 heavy (non-hydrogen) atoms. The highest BCUT2D eigenvalue weighted by Gasteiger charge is 2.11. The molecule has 0 bridgehead atoms. The third-order valence-electron chi connectivity index (χ3n) is 3.39. The molecule has 1 unspecified atom stereocenters. The van der Waals surface area contributed by atoms with Gasteiger partial charge in [-0.2, -0.15) is 4.80 Å². The van der Waals surface area contributed by atoms with Gasteiger partial charge < -0.3 is 9.84 Å². The molecule has 0 fully saturated rings. The number of aromatic nitrogens is 4. The van der Waals surface area contributed by atoms with Gasteiger partial charge in [0.05, 0.1) is 6.54 Å². The summed E-state index contributed by atoms with van der Waals surface area (Å²) in [5, 5.41) is 22.4. The van der Waals surface area contributed by atoms with Crippen molar-refractivity contribution in [2.45, 2.75) is 19.6 Å². The minimum atomic E-state index is -0.728. The summed E-state index contributed by atoms with van der Waals surface area (Å²) in [6, 6.07) is 15.3. The fourth-order valence-electron chi connectivity index (χ4n) is 2.10. The molecule has 0 aliphatic rings. The average Bonchev–Trinajstić information content (AvgIpc) is 3.03. The molecule has 2 aromatic carbocycles. The molecule has 1 aromatic heterocycles. The molecular formula is C17H17BrN4O2. The molecule has 3 aromatic rings. The van der Waals surface area contributed by atoms with Gasteiger partial charge in [0.2, 0.25) is 5.82 Å². The number of hydrogen-bond acceptors (Lipinski definition) is 5. The smallest absolute Gasteiger partial charge is 0.204 e. The Morgan fingerprint density at radius 2 is 1.83 bits per heavy atom. The standard InChI is InChI=1S/C17H17BrN4O2/c1-12-2-4-13(5-3-12)17-19-21-22(20-17)10-15(23)11-24-16-8-6-14(18)7-9-16/h2-9,15,23H,10-11H2,1H3. The van der Waals surface area contributed by atoms with Crippen molar-refractivity contribution in [3.8, 4) is 17.1 Å². The largest absolute Gasteiger partial charge is 0.491 e. The van der Waals surface area contributed by atoms with Gasteiger partial charge in [-0.05, 0) is 36.4 Å². The Morgan fingerprint density at radius 1 is 1.12 bits per heavy atom. The number of nitrogens with zero attached hydrogens (tertiary/aromatic N) is 4. The van der Waals surface area contributed by atoms with E-state index in [0.29, 0.717) is 11.6 Å². The second kappa shape index (κ2) is 7.55. The number of tetrazole rings is 1. The van der Waals surface area contributed by atoms with Crippen LogP contribution in [0.2, 0.25) is 0 Å². The molecule has 0 radical (unpaired) electrons. The van der Waals surface area contributed by atoms with Crippen LogP contribution in [0.4, 0.5) is 0 Å². The van der Waals surface area contributed by atoms with E-state index in [1.54, 1.807) is 0 Å². The second-order valence-corrected chi connectivity index (χ2v) is 6.37. The van der Waals surface area contributed by atoms with E-state index < -0.39 is 6.10 Å². The van der Waals surface area contributed by atoms with Crippen LogP contribution in [0.1, 0.15) is 5.56 Å². The highest BCUT2D eigenvalue weighted by molar-refractivity contribution is 9.10. The van der Waals surface area contributed by atoms with Gasteiger partial charge in [0.15, 0.2) is 0 Å². The number of benzene rings is 2. The summed E-state index contributed by atoms with van der Waals surface area (Å²) in [7, 11) is 0. The number of aryl methyl sites for hydroxylation is 1. The summed E-state index contributed by atoms with van der Waals surface area (Å²) in [5.41, 5.74) is 2.07. The lowest BCUT2D eigenvalue weighted by molar-refractivity contribution is 0.0850. The Kier molecular flexibility index (Phi) is 5.22. The molecule has 0 saturated heterocycles. The molecule has 7 heteroatoms. The molecule has 0 aliphatic carbocycles. The van der Waals surface area contributed by atoms with Crippen molar-refractivity contribution in [3.05, 3.63) is 58.6 Å². The molecule has 1 atom stereocenters.